The molecule has 0 aromatic carbocycles. The summed E-state index contributed by atoms with van der Waals surface area (Å²) in [5.41, 5.74) is -0.757. The molecule has 5 atom stereocenters. The molecule has 122 valence electrons. The third-order valence-electron chi connectivity index (χ3n) is 6.90. The SMILES string of the molecule is C[C@]1(CC(=O)O)CC[C@H]2[C@@H](CC[C@H]3C(=O)CCC[C@@]32C)C1=O. The molecule has 0 bridgehead atoms. The molecule has 22 heavy (non-hydrogen) atoms. The lowest BCUT2D eigenvalue weighted by atomic mass is 9.47. The molecule has 4 nitrogen and oxygen atoms in total. The van der Waals surface area contributed by atoms with Gasteiger partial charge in [0.05, 0.1) is 6.42 Å². The summed E-state index contributed by atoms with van der Waals surface area (Å²) >= 11 is 0. The van der Waals surface area contributed by atoms with E-state index in [-0.39, 0.29) is 35.4 Å². The van der Waals surface area contributed by atoms with E-state index in [4.69, 9.17) is 5.11 Å². The van der Waals surface area contributed by atoms with Gasteiger partial charge >= 0.3 is 5.97 Å². The third kappa shape index (κ3) is 2.22. The van der Waals surface area contributed by atoms with Gasteiger partial charge < -0.3 is 5.11 Å². The Hall–Kier alpha value is -1.19. The number of carboxylic acids is 1. The minimum absolute atomic E-state index is 0.0368. The van der Waals surface area contributed by atoms with Crippen molar-refractivity contribution in [2.24, 2.45) is 28.6 Å². The Morgan fingerprint density at radius 2 is 1.91 bits per heavy atom. The first kappa shape index (κ1) is 15.7. The van der Waals surface area contributed by atoms with Crippen molar-refractivity contribution in [3.05, 3.63) is 0 Å². The van der Waals surface area contributed by atoms with E-state index in [2.05, 4.69) is 6.92 Å². The van der Waals surface area contributed by atoms with Crippen LogP contribution >= 0.6 is 0 Å². The smallest absolute Gasteiger partial charge is 0.304 e. The Morgan fingerprint density at radius 1 is 1.18 bits per heavy atom. The lowest BCUT2D eigenvalue weighted by molar-refractivity contribution is -0.160. The van der Waals surface area contributed by atoms with Crippen molar-refractivity contribution in [1.82, 2.24) is 0 Å². The number of hydrogen-bond donors (Lipinski definition) is 1. The van der Waals surface area contributed by atoms with E-state index in [0.717, 1.165) is 32.1 Å². The maximum absolute atomic E-state index is 13.0. The van der Waals surface area contributed by atoms with Crippen LogP contribution in [0.5, 0.6) is 0 Å². The van der Waals surface area contributed by atoms with Gasteiger partial charge in [-0.15, -0.1) is 0 Å². The highest BCUT2D eigenvalue weighted by Gasteiger charge is 2.58. The molecule has 0 unspecified atom stereocenters. The lowest BCUT2D eigenvalue weighted by Crippen LogP contribution is -2.55. The number of carboxylic acid groups (broad SMARTS) is 1. The highest BCUT2D eigenvalue weighted by atomic mass is 16.4. The topological polar surface area (TPSA) is 71.4 Å². The van der Waals surface area contributed by atoms with Crippen LogP contribution in [0.1, 0.15) is 65.2 Å². The second-order valence-electron chi connectivity index (χ2n) is 8.20. The highest BCUT2D eigenvalue weighted by molar-refractivity contribution is 5.91. The summed E-state index contributed by atoms with van der Waals surface area (Å²) in [6, 6.07) is 0. The van der Waals surface area contributed by atoms with Crippen LogP contribution in [-0.4, -0.2) is 22.6 Å². The molecule has 0 heterocycles. The van der Waals surface area contributed by atoms with Gasteiger partial charge in [0.1, 0.15) is 11.6 Å². The molecule has 0 amide bonds. The van der Waals surface area contributed by atoms with Crippen LogP contribution in [-0.2, 0) is 14.4 Å². The van der Waals surface area contributed by atoms with Crippen molar-refractivity contribution in [1.29, 1.82) is 0 Å². The highest BCUT2D eigenvalue weighted by Crippen LogP contribution is 2.59. The standard InChI is InChI=1S/C18H26O4/c1-17(10-15(20)21)9-7-12-11(16(17)22)5-6-13-14(19)4-3-8-18(12,13)2/h11-13H,3-10H2,1-2H3,(H,20,21)/t11-,12+,13+,17-,18-/m1/s1. The van der Waals surface area contributed by atoms with E-state index in [0.29, 0.717) is 18.6 Å². The molecule has 0 aromatic rings. The molecule has 4 heteroatoms. The lowest BCUT2D eigenvalue weighted by Gasteiger charge is -2.56. The van der Waals surface area contributed by atoms with Crippen LogP contribution in [0.15, 0.2) is 0 Å². The van der Waals surface area contributed by atoms with Gasteiger partial charge in [-0.2, -0.15) is 0 Å². The Bertz CT molecular complexity index is 525. The summed E-state index contributed by atoms with van der Waals surface area (Å²) in [6.07, 6.45) is 5.73. The van der Waals surface area contributed by atoms with Gasteiger partial charge in [-0.1, -0.05) is 13.8 Å². The zero-order valence-electron chi connectivity index (χ0n) is 13.6. The Labute approximate surface area is 131 Å². The van der Waals surface area contributed by atoms with E-state index in [1.165, 1.54) is 0 Å². The largest absolute Gasteiger partial charge is 0.481 e. The van der Waals surface area contributed by atoms with Crippen LogP contribution < -0.4 is 0 Å². The van der Waals surface area contributed by atoms with Crippen molar-refractivity contribution in [2.75, 3.05) is 0 Å². The zero-order chi connectivity index (χ0) is 16.1. The van der Waals surface area contributed by atoms with Gasteiger partial charge in [0.15, 0.2) is 0 Å². The van der Waals surface area contributed by atoms with E-state index in [9.17, 15) is 14.4 Å². The maximum atomic E-state index is 13.0. The normalized spacial score (nSPS) is 45.1. The van der Waals surface area contributed by atoms with Crippen molar-refractivity contribution < 1.29 is 19.5 Å². The van der Waals surface area contributed by atoms with Crippen molar-refractivity contribution >= 4 is 17.5 Å². The van der Waals surface area contributed by atoms with Crippen molar-refractivity contribution in [3.63, 3.8) is 0 Å². The van der Waals surface area contributed by atoms with Gasteiger partial charge in [-0.25, -0.2) is 0 Å². The number of fused-ring (bicyclic) bond motifs is 3. The predicted molar refractivity (Wildman–Crippen MR) is 81.3 cm³/mol. The maximum Gasteiger partial charge on any atom is 0.304 e. The average molecular weight is 306 g/mol. The van der Waals surface area contributed by atoms with Crippen LogP contribution in [0.2, 0.25) is 0 Å². The van der Waals surface area contributed by atoms with E-state index in [1.54, 1.807) is 0 Å². The van der Waals surface area contributed by atoms with Crippen molar-refractivity contribution in [2.45, 2.75) is 65.2 Å². The number of Topliss-reactive ketones (excluding diaryl/α,β-unsaturated/α-hetero) is 2. The number of carbonyl (C=O) groups is 3. The minimum Gasteiger partial charge on any atom is -0.481 e. The fourth-order valence-corrected chi connectivity index (χ4v) is 5.70. The Morgan fingerprint density at radius 3 is 2.59 bits per heavy atom. The molecular weight excluding hydrogens is 280 g/mol. The van der Waals surface area contributed by atoms with Gasteiger partial charge in [0.25, 0.3) is 0 Å². The zero-order valence-corrected chi connectivity index (χ0v) is 13.6. The molecule has 0 saturated heterocycles. The van der Waals surface area contributed by atoms with Crippen LogP contribution in [0.4, 0.5) is 0 Å². The molecule has 3 aliphatic rings. The van der Waals surface area contributed by atoms with Crippen LogP contribution in [0.25, 0.3) is 0 Å². The summed E-state index contributed by atoms with van der Waals surface area (Å²) in [6.45, 7) is 4.03. The average Bonchev–Trinajstić information content (AvgIpc) is 2.42. The molecule has 1 N–H and O–H groups in total. The molecule has 3 fully saturated rings. The van der Waals surface area contributed by atoms with E-state index >= 15 is 0 Å². The second kappa shape index (κ2) is 5.17. The summed E-state index contributed by atoms with van der Waals surface area (Å²) in [7, 11) is 0. The van der Waals surface area contributed by atoms with Crippen LogP contribution in [0, 0.1) is 28.6 Å². The molecule has 0 radical (unpaired) electrons. The third-order valence-corrected chi connectivity index (χ3v) is 6.90. The van der Waals surface area contributed by atoms with Crippen LogP contribution in [0.3, 0.4) is 0 Å². The number of rotatable bonds is 2. The van der Waals surface area contributed by atoms with Gasteiger partial charge in [0.2, 0.25) is 0 Å². The van der Waals surface area contributed by atoms with Crippen molar-refractivity contribution in [3.8, 4) is 0 Å². The van der Waals surface area contributed by atoms with E-state index < -0.39 is 11.4 Å². The predicted octanol–water partition coefficient (Wildman–Crippen LogP) is 3.23. The first-order valence-electron chi connectivity index (χ1n) is 8.57. The van der Waals surface area contributed by atoms with E-state index in [1.807, 2.05) is 6.92 Å². The summed E-state index contributed by atoms with van der Waals surface area (Å²) < 4.78 is 0. The minimum atomic E-state index is -0.887. The first-order valence-corrected chi connectivity index (χ1v) is 8.57. The Balaban J connectivity index is 1.87. The molecular formula is C18H26O4. The molecule has 3 rings (SSSR count). The molecule has 0 aromatic heterocycles. The second-order valence-corrected chi connectivity index (χ2v) is 8.20. The summed E-state index contributed by atoms with van der Waals surface area (Å²) in [5.74, 6) is -0.00124. The summed E-state index contributed by atoms with van der Waals surface area (Å²) in [4.78, 5) is 36.4. The number of aliphatic carboxylic acids is 1. The number of ketones is 2. The molecule has 3 saturated carbocycles. The fraction of sp³-hybridized carbons (Fsp3) is 0.833. The first-order chi connectivity index (χ1) is 10.3. The molecule has 3 aliphatic carbocycles. The van der Waals surface area contributed by atoms with Gasteiger partial charge in [-0.05, 0) is 49.9 Å². The molecule has 0 aliphatic heterocycles. The number of carbonyl (C=O) groups excluding carboxylic acids is 2. The summed E-state index contributed by atoms with van der Waals surface area (Å²) in [5, 5.41) is 9.12. The number of hydrogen-bond acceptors (Lipinski definition) is 3. The quantitative estimate of drug-likeness (QED) is 0.850. The molecule has 0 spiro atoms. The monoisotopic (exact) mass is 306 g/mol. The Kier molecular flexibility index (Phi) is 3.69. The van der Waals surface area contributed by atoms with Gasteiger partial charge in [0, 0.05) is 23.7 Å². The fourth-order valence-electron chi connectivity index (χ4n) is 5.70. The van der Waals surface area contributed by atoms with Gasteiger partial charge in [-0.3, -0.25) is 14.4 Å².